The molecule has 0 saturated heterocycles. The van der Waals surface area contributed by atoms with Gasteiger partial charge in [-0.3, -0.25) is 0 Å². The molecule has 0 spiro atoms. The van der Waals surface area contributed by atoms with E-state index in [0.717, 1.165) is 25.3 Å². The number of hydrogen-bond acceptors (Lipinski definition) is 6. The molecule has 2 atom stereocenters. The zero-order valence-electron chi connectivity index (χ0n) is 18.3. The van der Waals surface area contributed by atoms with Crippen LogP contribution in [0.25, 0.3) is 0 Å². The third-order valence-electron chi connectivity index (χ3n) is 5.64. The van der Waals surface area contributed by atoms with Gasteiger partial charge in [0.05, 0.1) is 21.4 Å². The Kier molecular flexibility index (Phi) is 8.83. The van der Waals surface area contributed by atoms with E-state index in [4.69, 9.17) is 10.7 Å². The van der Waals surface area contributed by atoms with Crippen LogP contribution < -0.4 is 5.73 Å². The van der Waals surface area contributed by atoms with Gasteiger partial charge in [-0.1, -0.05) is 35.1 Å². The lowest BCUT2D eigenvalue weighted by molar-refractivity contribution is 0.269. The van der Waals surface area contributed by atoms with E-state index in [9.17, 15) is 0 Å². The number of fused-ring (bicyclic) bond motifs is 2. The number of aromatic nitrogens is 2. The summed E-state index contributed by atoms with van der Waals surface area (Å²) in [6.45, 7) is 8.86. The van der Waals surface area contributed by atoms with Crippen molar-refractivity contribution in [1.82, 2.24) is 14.9 Å². The Morgan fingerprint density at radius 1 is 0.862 bits per heavy atom. The van der Waals surface area contributed by atoms with Crippen LogP contribution in [0.4, 0.5) is 0 Å². The topological polar surface area (TPSA) is 55.0 Å². The number of hydrogen-bond donors (Lipinski definition) is 1. The zero-order valence-corrected chi connectivity index (χ0v) is 19.9. The SMILES string of the molecule is C.CC(C)c1nc2c(s1)CC(N(C)C)CC2.CC(C)c1nc2c(s1)CC(N)CC2. The van der Waals surface area contributed by atoms with Gasteiger partial charge in [-0.25, -0.2) is 9.97 Å². The Balaban J connectivity index is 0.000000202. The van der Waals surface area contributed by atoms with E-state index in [-0.39, 0.29) is 7.43 Å². The van der Waals surface area contributed by atoms with E-state index in [1.54, 1.807) is 0 Å². The standard InChI is InChI=1S/C12H20N2S.C10H16N2S.CH4/c1-8(2)12-13-10-6-5-9(14(3)4)7-11(10)15-12;1-6(2)10-12-8-4-3-7(11)5-9(8)13-10;/h8-9H,5-7H2,1-4H3;6-7H,3-5,11H2,1-2H3;1H4. The second-order valence-electron chi connectivity index (χ2n) is 9.02. The van der Waals surface area contributed by atoms with Crippen molar-refractivity contribution in [2.45, 2.75) is 97.6 Å². The van der Waals surface area contributed by atoms with Gasteiger partial charge in [-0.2, -0.15) is 0 Å². The lowest BCUT2D eigenvalue weighted by Crippen LogP contribution is -2.32. The molecule has 4 nitrogen and oxygen atoms in total. The Hall–Kier alpha value is -0.820. The number of aryl methyl sites for hydroxylation is 2. The van der Waals surface area contributed by atoms with Crippen LogP contribution in [-0.4, -0.2) is 41.0 Å². The van der Waals surface area contributed by atoms with Crippen LogP contribution >= 0.6 is 22.7 Å². The lowest BCUT2D eigenvalue weighted by Gasteiger charge is -2.27. The maximum atomic E-state index is 5.91. The molecule has 2 aromatic heterocycles. The Morgan fingerprint density at radius 3 is 1.83 bits per heavy atom. The van der Waals surface area contributed by atoms with Gasteiger partial charge >= 0.3 is 0 Å². The van der Waals surface area contributed by atoms with Crippen LogP contribution in [0.2, 0.25) is 0 Å². The molecule has 6 heteroatoms. The molecule has 4 rings (SSSR count). The summed E-state index contributed by atoms with van der Waals surface area (Å²) in [5.74, 6) is 1.14. The molecular weight excluding hydrogens is 396 g/mol. The molecular formula is C23H40N4S2. The summed E-state index contributed by atoms with van der Waals surface area (Å²) < 4.78 is 0. The zero-order chi connectivity index (χ0) is 20.4. The highest BCUT2D eigenvalue weighted by Gasteiger charge is 2.24. The first-order valence-corrected chi connectivity index (χ1v) is 12.3. The number of nitrogens with zero attached hydrogens (tertiary/aromatic N) is 3. The van der Waals surface area contributed by atoms with Crippen LogP contribution in [0.3, 0.4) is 0 Å². The fourth-order valence-corrected chi connectivity index (χ4v) is 6.12. The van der Waals surface area contributed by atoms with Crippen molar-refractivity contribution in [2.75, 3.05) is 14.1 Å². The molecule has 0 radical (unpaired) electrons. The van der Waals surface area contributed by atoms with Gasteiger partial charge in [0.25, 0.3) is 0 Å². The van der Waals surface area contributed by atoms with Gasteiger partial charge in [0.15, 0.2) is 0 Å². The van der Waals surface area contributed by atoms with Crippen molar-refractivity contribution in [1.29, 1.82) is 0 Å². The first-order chi connectivity index (χ1) is 13.2. The van der Waals surface area contributed by atoms with Gasteiger partial charge in [0.1, 0.15) is 0 Å². The Bertz CT molecular complexity index is 776. The van der Waals surface area contributed by atoms with Crippen LogP contribution in [0.5, 0.6) is 0 Å². The van der Waals surface area contributed by atoms with Crippen molar-refractivity contribution in [3.8, 4) is 0 Å². The first kappa shape index (κ1) is 24.4. The summed E-state index contributed by atoms with van der Waals surface area (Å²) in [6, 6.07) is 1.09. The summed E-state index contributed by atoms with van der Waals surface area (Å²) in [6.07, 6.45) is 6.86. The molecule has 164 valence electrons. The molecule has 0 aromatic carbocycles. The molecule has 2 aliphatic carbocycles. The average molecular weight is 437 g/mol. The maximum Gasteiger partial charge on any atom is 0.0956 e. The molecule has 2 N–H and O–H groups in total. The highest BCUT2D eigenvalue weighted by atomic mass is 32.1. The van der Waals surface area contributed by atoms with Crippen LogP contribution in [0.1, 0.15) is 91.0 Å². The van der Waals surface area contributed by atoms with Crippen LogP contribution in [0, 0.1) is 0 Å². The molecule has 0 amide bonds. The lowest BCUT2D eigenvalue weighted by atomic mass is 9.97. The summed E-state index contributed by atoms with van der Waals surface area (Å²) >= 11 is 3.78. The molecule has 2 heterocycles. The second kappa shape index (κ2) is 10.5. The average Bonchev–Trinajstić information content (AvgIpc) is 3.25. The van der Waals surface area contributed by atoms with Gasteiger partial charge in [0.2, 0.25) is 0 Å². The monoisotopic (exact) mass is 436 g/mol. The predicted octanol–water partition coefficient (Wildman–Crippen LogP) is 5.40. The van der Waals surface area contributed by atoms with Gasteiger partial charge < -0.3 is 10.6 Å². The van der Waals surface area contributed by atoms with Crippen LogP contribution in [0.15, 0.2) is 0 Å². The minimum Gasteiger partial charge on any atom is -0.327 e. The van der Waals surface area contributed by atoms with Crippen molar-refractivity contribution in [3.63, 3.8) is 0 Å². The fraction of sp³-hybridized carbons (Fsp3) is 0.739. The predicted molar refractivity (Wildman–Crippen MR) is 129 cm³/mol. The highest BCUT2D eigenvalue weighted by molar-refractivity contribution is 7.12. The summed E-state index contributed by atoms with van der Waals surface area (Å²) in [5.41, 5.74) is 8.61. The molecule has 0 fully saturated rings. The maximum absolute atomic E-state index is 5.91. The van der Waals surface area contributed by atoms with E-state index in [0.29, 0.717) is 17.9 Å². The first-order valence-electron chi connectivity index (χ1n) is 10.6. The number of nitrogens with two attached hydrogens (primary N) is 1. The van der Waals surface area contributed by atoms with E-state index in [2.05, 4.69) is 51.7 Å². The quantitative estimate of drug-likeness (QED) is 0.699. The molecule has 29 heavy (non-hydrogen) atoms. The van der Waals surface area contributed by atoms with Gasteiger partial charge in [-0.05, 0) is 52.6 Å². The van der Waals surface area contributed by atoms with Crippen molar-refractivity contribution < 1.29 is 0 Å². The van der Waals surface area contributed by atoms with Gasteiger partial charge in [0, 0.05) is 33.7 Å². The highest BCUT2D eigenvalue weighted by Crippen LogP contribution is 2.32. The van der Waals surface area contributed by atoms with E-state index in [1.807, 2.05) is 22.7 Å². The Labute approximate surface area is 186 Å². The number of rotatable bonds is 3. The number of thiazole rings is 2. The summed E-state index contributed by atoms with van der Waals surface area (Å²) in [5, 5.41) is 2.60. The van der Waals surface area contributed by atoms with E-state index >= 15 is 0 Å². The Morgan fingerprint density at radius 2 is 1.34 bits per heavy atom. The molecule has 0 aliphatic heterocycles. The molecule has 2 unspecified atom stereocenters. The molecule has 0 bridgehead atoms. The normalized spacial score (nSPS) is 20.8. The summed E-state index contributed by atoms with van der Waals surface area (Å²) in [4.78, 5) is 14.7. The molecule has 0 saturated carbocycles. The van der Waals surface area contributed by atoms with E-state index in [1.165, 1.54) is 50.4 Å². The third kappa shape index (κ3) is 6.09. The second-order valence-corrected chi connectivity index (χ2v) is 11.2. The number of likely N-dealkylation sites (N-methyl/N-ethyl adjacent to an activating group) is 1. The largest absolute Gasteiger partial charge is 0.327 e. The fourth-order valence-electron chi connectivity index (χ4n) is 3.73. The van der Waals surface area contributed by atoms with Crippen LogP contribution in [-0.2, 0) is 25.7 Å². The van der Waals surface area contributed by atoms with Crippen molar-refractivity contribution in [3.05, 3.63) is 31.2 Å². The molecule has 2 aliphatic rings. The summed E-state index contributed by atoms with van der Waals surface area (Å²) in [7, 11) is 4.36. The van der Waals surface area contributed by atoms with E-state index < -0.39 is 0 Å². The van der Waals surface area contributed by atoms with Gasteiger partial charge in [-0.15, -0.1) is 22.7 Å². The van der Waals surface area contributed by atoms with Crippen molar-refractivity contribution in [2.24, 2.45) is 5.73 Å². The molecule has 2 aromatic rings. The smallest absolute Gasteiger partial charge is 0.0956 e. The minimum absolute atomic E-state index is 0. The minimum atomic E-state index is 0. The van der Waals surface area contributed by atoms with Crippen molar-refractivity contribution >= 4 is 22.7 Å². The third-order valence-corrected chi connectivity index (χ3v) is 8.48.